The summed E-state index contributed by atoms with van der Waals surface area (Å²) < 4.78 is 5.45. The quantitative estimate of drug-likeness (QED) is 0.886. The van der Waals surface area contributed by atoms with Crippen LogP contribution in [0.1, 0.15) is 18.1 Å². The second kappa shape index (κ2) is 6.36. The third-order valence-electron chi connectivity index (χ3n) is 2.51. The van der Waals surface area contributed by atoms with Crippen LogP contribution in [-0.4, -0.2) is 16.6 Å². The molecule has 0 aliphatic rings. The average molecular weight is 254 g/mol. The van der Waals surface area contributed by atoms with Gasteiger partial charge in [-0.2, -0.15) is 5.26 Å². The number of anilines is 1. The van der Waals surface area contributed by atoms with Crippen LogP contribution in [0.5, 0.6) is 5.88 Å². The summed E-state index contributed by atoms with van der Waals surface area (Å²) in [6.45, 7) is 2.99. The minimum absolute atomic E-state index is 0.509. The van der Waals surface area contributed by atoms with E-state index in [0.29, 0.717) is 30.4 Å². The Bertz CT molecular complexity index is 592. The summed E-state index contributed by atoms with van der Waals surface area (Å²) in [6.07, 6.45) is 3.34. The van der Waals surface area contributed by atoms with Crippen molar-refractivity contribution in [3.05, 3.63) is 47.8 Å². The summed E-state index contributed by atoms with van der Waals surface area (Å²) in [4.78, 5) is 8.32. The summed E-state index contributed by atoms with van der Waals surface area (Å²) in [5.74, 6) is 1.17. The molecule has 5 heteroatoms. The van der Waals surface area contributed by atoms with Gasteiger partial charge in [0.2, 0.25) is 5.88 Å². The largest absolute Gasteiger partial charge is 0.478 e. The molecule has 0 aromatic carbocycles. The van der Waals surface area contributed by atoms with Gasteiger partial charge in [0.05, 0.1) is 12.2 Å². The number of pyridine rings is 2. The normalized spacial score (nSPS) is 9.68. The van der Waals surface area contributed by atoms with Gasteiger partial charge in [0, 0.05) is 24.5 Å². The molecule has 0 saturated heterocycles. The van der Waals surface area contributed by atoms with Gasteiger partial charge in [-0.1, -0.05) is 6.07 Å². The van der Waals surface area contributed by atoms with E-state index in [-0.39, 0.29) is 0 Å². The van der Waals surface area contributed by atoms with Crippen LogP contribution in [0.2, 0.25) is 0 Å². The van der Waals surface area contributed by atoms with Gasteiger partial charge in [-0.25, -0.2) is 9.97 Å². The molecular weight excluding hydrogens is 240 g/mol. The number of hydrogen-bond donors (Lipinski definition) is 1. The minimum Gasteiger partial charge on any atom is -0.478 e. The molecule has 0 bridgehead atoms. The maximum Gasteiger partial charge on any atom is 0.218 e. The topological polar surface area (TPSA) is 70.8 Å². The van der Waals surface area contributed by atoms with E-state index in [2.05, 4.69) is 21.4 Å². The second-order valence-corrected chi connectivity index (χ2v) is 3.77. The van der Waals surface area contributed by atoms with E-state index in [0.717, 1.165) is 5.56 Å². The molecule has 0 amide bonds. The number of aromatic nitrogens is 2. The molecule has 0 spiro atoms. The van der Waals surface area contributed by atoms with E-state index in [1.165, 1.54) is 0 Å². The van der Waals surface area contributed by atoms with Crippen molar-refractivity contribution < 1.29 is 4.74 Å². The van der Waals surface area contributed by atoms with Crippen molar-refractivity contribution in [1.29, 1.82) is 5.26 Å². The van der Waals surface area contributed by atoms with E-state index in [1.807, 2.05) is 19.1 Å². The zero-order valence-corrected chi connectivity index (χ0v) is 10.6. The molecule has 96 valence electrons. The van der Waals surface area contributed by atoms with Crippen molar-refractivity contribution in [2.45, 2.75) is 13.5 Å². The number of hydrogen-bond acceptors (Lipinski definition) is 5. The van der Waals surface area contributed by atoms with Crippen molar-refractivity contribution in [3.8, 4) is 11.9 Å². The van der Waals surface area contributed by atoms with Crippen LogP contribution in [0.3, 0.4) is 0 Å². The van der Waals surface area contributed by atoms with Crippen LogP contribution in [-0.2, 0) is 6.54 Å². The lowest BCUT2D eigenvalue weighted by molar-refractivity contribution is 0.323. The Morgan fingerprint density at radius 3 is 2.84 bits per heavy atom. The Kier molecular flexibility index (Phi) is 4.29. The zero-order valence-electron chi connectivity index (χ0n) is 10.6. The molecule has 0 radical (unpaired) electrons. The molecule has 2 aromatic rings. The van der Waals surface area contributed by atoms with Crippen molar-refractivity contribution in [1.82, 2.24) is 9.97 Å². The van der Waals surface area contributed by atoms with Crippen LogP contribution < -0.4 is 10.1 Å². The van der Waals surface area contributed by atoms with Crippen molar-refractivity contribution in [3.63, 3.8) is 0 Å². The zero-order chi connectivity index (χ0) is 13.5. The Morgan fingerprint density at radius 2 is 2.05 bits per heavy atom. The molecule has 2 heterocycles. The van der Waals surface area contributed by atoms with Crippen LogP contribution in [0.4, 0.5) is 5.82 Å². The van der Waals surface area contributed by atoms with Gasteiger partial charge in [-0.05, 0) is 25.1 Å². The third-order valence-corrected chi connectivity index (χ3v) is 2.51. The molecule has 0 atom stereocenters. The number of nitrogens with one attached hydrogen (secondary N) is 1. The Morgan fingerprint density at radius 1 is 1.26 bits per heavy atom. The highest BCUT2D eigenvalue weighted by atomic mass is 16.5. The van der Waals surface area contributed by atoms with Crippen molar-refractivity contribution in [2.75, 3.05) is 11.9 Å². The number of nitriles is 1. The molecule has 5 nitrogen and oxygen atoms in total. The fraction of sp³-hybridized carbons (Fsp3) is 0.214. The third kappa shape index (κ3) is 3.19. The second-order valence-electron chi connectivity index (χ2n) is 3.77. The number of rotatable bonds is 5. The maximum atomic E-state index is 8.99. The van der Waals surface area contributed by atoms with Gasteiger partial charge in [0.1, 0.15) is 11.9 Å². The number of ether oxygens (including phenoxy) is 1. The fourth-order valence-electron chi connectivity index (χ4n) is 1.64. The molecular formula is C14H14N4O. The van der Waals surface area contributed by atoms with Crippen LogP contribution in [0, 0.1) is 11.3 Å². The van der Waals surface area contributed by atoms with Gasteiger partial charge in [-0.3, -0.25) is 0 Å². The molecule has 0 fully saturated rings. The first kappa shape index (κ1) is 12.8. The van der Waals surface area contributed by atoms with Gasteiger partial charge in [0.15, 0.2) is 0 Å². The molecule has 0 unspecified atom stereocenters. The van der Waals surface area contributed by atoms with Gasteiger partial charge < -0.3 is 10.1 Å². The molecule has 2 aromatic heterocycles. The lowest BCUT2D eigenvalue weighted by atomic mass is 10.2. The first-order valence-electron chi connectivity index (χ1n) is 6.00. The first-order chi connectivity index (χ1) is 9.35. The maximum absolute atomic E-state index is 8.99. The monoisotopic (exact) mass is 254 g/mol. The highest BCUT2D eigenvalue weighted by Gasteiger charge is 2.06. The van der Waals surface area contributed by atoms with E-state index in [4.69, 9.17) is 10.00 Å². The van der Waals surface area contributed by atoms with Crippen molar-refractivity contribution in [2.24, 2.45) is 0 Å². The predicted molar refractivity (Wildman–Crippen MR) is 71.7 cm³/mol. The lowest BCUT2D eigenvalue weighted by Gasteiger charge is -2.10. The highest BCUT2D eigenvalue weighted by molar-refractivity contribution is 5.51. The molecule has 2 rings (SSSR count). The predicted octanol–water partition coefficient (Wildman–Crippen LogP) is 2.36. The summed E-state index contributed by atoms with van der Waals surface area (Å²) in [5, 5.41) is 12.1. The minimum atomic E-state index is 0.509. The summed E-state index contributed by atoms with van der Waals surface area (Å²) in [6, 6.07) is 9.34. The average Bonchev–Trinajstić information content (AvgIpc) is 2.47. The van der Waals surface area contributed by atoms with Gasteiger partial charge in [0.25, 0.3) is 0 Å². The standard InChI is InChI=1S/C14H14N4O/c1-2-19-14-12(6-4-8-17-14)10-18-13-11(9-15)5-3-7-16-13/h3-8H,2,10H2,1H3,(H,16,18). The van der Waals surface area contributed by atoms with E-state index < -0.39 is 0 Å². The highest BCUT2D eigenvalue weighted by Crippen LogP contribution is 2.17. The lowest BCUT2D eigenvalue weighted by Crippen LogP contribution is -2.06. The van der Waals surface area contributed by atoms with Crippen LogP contribution in [0.15, 0.2) is 36.7 Å². The molecule has 19 heavy (non-hydrogen) atoms. The number of nitrogens with zero attached hydrogens (tertiary/aromatic N) is 3. The summed E-state index contributed by atoms with van der Waals surface area (Å²) in [7, 11) is 0. The fourth-order valence-corrected chi connectivity index (χ4v) is 1.64. The van der Waals surface area contributed by atoms with Crippen LogP contribution >= 0.6 is 0 Å². The van der Waals surface area contributed by atoms with Crippen LogP contribution in [0.25, 0.3) is 0 Å². The van der Waals surface area contributed by atoms with Gasteiger partial charge >= 0.3 is 0 Å². The molecule has 1 N–H and O–H groups in total. The smallest absolute Gasteiger partial charge is 0.218 e. The molecule has 0 saturated carbocycles. The Labute approximate surface area is 111 Å². The van der Waals surface area contributed by atoms with E-state index in [1.54, 1.807) is 24.5 Å². The first-order valence-corrected chi connectivity index (χ1v) is 6.00. The SMILES string of the molecule is CCOc1ncccc1CNc1ncccc1C#N. The molecule has 0 aliphatic heterocycles. The summed E-state index contributed by atoms with van der Waals surface area (Å²) >= 11 is 0. The van der Waals surface area contributed by atoms with E-state index >= 15 is 0 Å². The molecule has 0 aliphatic carbocycles. The van der Waals surface area contributed by atoms with Gasteiger partial charge in [-0.15, -0.1) is 0 Å². The Hall–Kier alpha value is -2.61. The Balaban J connectivity index is 2.13. The van der Waals surface area contributed by atoms with E-state index in [9.17, 15) is 0 Å². The van der Waals surface area contributed by atoms with Crippen molar-refractivity contribution >= 4 is 5.82 Å². The summed E-state index contributed by atoms with van der Waals surface area (Å²) in [5.41, 5.74) is 1.45.